The van der Waals surface area contributed by atoms with Crippen molar-refractivity contribution in [1.82, 2.24) is 9.88 Å². The molecule has 0 radical (unpaired) electrons. The first kappa shape index (κ1) is 22.4. The van der Waals surface area contributed by atoms with Gasteiger partial charge in [-0.15, -0.1) is 0 Å². The van der Waals surface area contributed by atoms with E-state index in [1.165, 1.54) is 24.2 Å². The summed E-state index contributed by atoms with van der Waals surface area (Å²) in [5.41, 5.74) is 3.40. The fraction of sp³-hybridized carbons (Fsp3) is 0.417. The SMILES string of the molecule is COc1ccc(N2CCOCC2)c2sc(NC(=O)c3ccc(Cl)c(CN4CCCC4)c3)nc12. The summed E-state index contributed by atoms with van der Waals surface area (Å²) in [6, 6.07) is 9.45. The molecule has 1 N–H and O–H groups in total. The summed E-state index contributed by atoms with van der Waals surface area (Å²) in [6.07, 6.45) is 2.43. The van der Waals surface area contributed by atoms with Gasteiger partial charge in [0.05, 0.1) is 30.7 Å². The van der Waals surface area contributed by atoms with E-state index in [0.717, 1.165) is 54.2 Å². The fourth-order valence-corrected chi connectivity index (χ4v) is 5.63. The zero-order chi connectivity index (χ0) is 22.8. The molecule has 2 aliphatic heterocycles. The second kappa shape index (κ2) is 9.85. The number of nitrogens with one attached hydrogen (secondary N) is 1. The first-order valence-electron chi connectivity index (χ1n) is 11.2. The number of anilines is 2. The van der Waals surface area contributed by atoms with Crippen molar-refractivity contribution < 1.29 is 14.3 Å². The molecule has 1 aromatic heterocycles. The van der Waals surface area contributed by atoms with Gasteiger partial charge in [0, 0.05) is 30.2 Å². The van der Waals surface area contributed by atoms with Crippen molar-refractivity contribution in [3.63, 3.8) is 0 Å². The number of carbonyl (C=O) groups excluding carboxylic acids is 1. The van der Waals surface area contributed by atoms with E-state index in [1.807, 2.05) is 12.1 Å². The van der Waals surface area contributed by atoms with Crippen molar-refractivity contribution in [3.05, 3.63) is 46.5 Å². The van der Waals surface area contributed by atoms with Crippen LogP contribution in [0.2, 0.25) is 5.02 Å². The number of likely N-dealkylation sites (tertiary alicyclic amines) is 1. The number of hydrogen-bond donors (Lipinski definition) is 1. The van der Waals surface area contributed by atoms with Crippen LogP contribution in [0.15, 0.2) is 30.3 Å². The minimum absolute atomic E-state index is 0.194. The lowest BCUT2D eigenvalue weighted by Crippen LogP contribution is -2.36. The number of amides is 1. The van der Waals surface area contributed by atoms with Gasteiger partial charge in [0.1, 0.15) is 11.3 Å². The number of fused-ring (bicyclic) bond motifs is 1. The highest BCUT2D eigenvalue weighted by molar-refractivity contribution is 7.23. The topological polar surface area (TPSA) is 66.9 Å². The van der Waals surface area contributed by atoms with Gasteiger partial charge in [-0.05, 0) is 61.8 Å². The summed E-state index contributed by atoms with van der Waals surface area (Å²) in [5.74, 6) is 0.499. The molecule has 1 amide bonds. The number of ether oxygens (including phenoxy) is 2. The molecule has 174 valence electrons. The van der Waals surface area contributed by atoms with Crippen LogP contribution < -0.4 is 15.0 Å². The van der Waals surface area contributed by atoms with Crippen molar-refractivity contribution >= 4 is 49.9 Å². The molecule has 7 nitrogen and oxygen atoms in total. The highest BCUT2D eigenvalue weighted by Crippen LogP contribution is 2.39. The largest absolute Gasteiger partial charge is 0.494 e. The van der Waals surface area contributed by atoms with Gasteiger partial charge < -0.3 is 14.4 Å². The summed E-state index contributed by atoms with van der Waals surface area (Å²) < 4.78 is 12.0. The Morgan fingerprint density at radius 3 is 2.73 bits per heavy atom. The Morgan fingerprint density at radius 1 is 1.18 bits per heavy atom. The summed E-state index contributed by atoms with van der Waals surface area (Å²) in [6.45, 7) is 5.97. The standard InChI is InChI=1S/C24H27ClN4O3S/c1-31-20-7-6-19(29-10-12-32-13-11-29)22-21(20)26-24(33-22)27-23(30)16-4-5-18(25)17(14-16)15-28-8-2-3-9-28/h4-7,14H,2-3,8-13,15H2,1H3,(H,26,27,30). The zero-order valence-electron chi connectivity index (χ0n) is 18.6. The molecule has 2 aliphatic rings. The van der Waals surface area contributed by atoms with E-state index < -0.39 is 0 Å². The maximum absolute atomic E-state index is 13.1. The summed E-state index contributed by atoms with van der Waals surface area (Å²) in [5, 5.41) is 4.22. The van der Waals surface area contributed by atoms with Crippen LogP contribution in [0.5, 0.6) is 5.75 Å². The maximum atomic E-state index is 13.1. The first-order chi connectivity index (χ1) is 16.1. The van der Waals surface area contributed by atoms with Crippen molar-refractivity contribution in [3.8, 4) is 5.75 Å². The van der Waals surface area contributed by atoms with Gasteiger partial charge in [-0.25, -0.2) is 4.98 Å². The Bertz CT molecular complexity index is 1160. The Hall–Kier alpha value is -2.39. The molecule has 0 unspecified atom stereocenters. The average molecular weight is 487 g/mol. The lowest BCUT2D eigenvalue weighted by molar-refractivity contribution is 0.102. The van der Waals surface area contributed by atoms with Gasteiger partial charge in [0.15, 0.2) is 5.13 Å². The number of thiazole rings is 1. The highest BCUT2D eigenvalue weighted by atomic mass is 35.5. The highest BCUT2D eigenvalue weighted by Gasteiger charge is 2.21. The van der Waals surface area contributed by atoms with Gasteiger partial charge in [-0.2, -0.15) is 0 Å². The molecule has 33 heavy (non-hydrogen) atoms. The van der Waals surface area contributed by atoms with E-state index in [1.54, 1.807) is 19.2 Å². The lowest BCUT2D eigenvalue weighted by atomic mass is 10.1. The molecule has 3 aromatic rings. The van der Waals surface area contributed by atoms with E-state index in [4.69, 9.17) is 26.1 Å². The Morgan fingerprint density at radius 2 is 1.97 bits per heavy atom. The molecule has 0 bridgehead atoms. The van der Waals surface area contributed by atoms with Crippen LogP contribution in [0.4, 0.5) is 10.8 Å². The summed E-state index contributed by atoms with van der Waals surface area (Å²) in [7, 11) is 1.64. The van der Waals surface area contributed by atoms with Crippen LogP contribution in [0.1, 0.15) is 28.8 Å². The third-order valence-corrected chi connectivity index (χ3v) is 7.54. The Balaban J connectivity index is 1.40. The molecule has 0 aliphatic carbocycles. The van der Waals surface area contributed by atoms with E-state index in [0.29, 0.717) is 34.7 Å². The third-order valence-electron chi connectivity index (χ3n) is 6.18. The molecule has 9 heteroatoms. The predicted molar refractivity (Wildman–Crippen MR) is 133 cm³/mol. The average Bonchev–Trinajstić information content (AvgIpc) is 3.50. The van der Waals surface area contributed by atoms with Crippen LogP contribution in [-0.4, -0.2) is 62.3 Å². The normalized spacial score (nSPS) is 17.0. The van der Waals surface area contributed by atoms with Gasteiger partial charge in [-0.3, -0.25) is 15.0 Å². The second-order valence-electron chi connectivity index (χ2n) is 8.33. The number of rotatable bonds is 6. The minimum atomic E-state index is -0.194. The minimum Gasteiger partial charge on any atom is -0.494 e. The number of carbonyl (C=O) groups is 1. The molecule has 5 rings (SSSR count). The van der Waals surface area contributed by atoms with Crippen LogP contribution in [0.25, 0.3) is 10.2 Å². The number of nitrogens with zero attached hydrogens (tertiary/aromatic N) is 3. The van der Waals surface area contributed by atoms with E-state index in [2.05, 4.69) is 21.2 Å². The van der Waals surface area contributed by atoms with Gasteiger partial charge >= 0.3 is 0 Å². The van der Waals surface area contributed by atoms with Crippen LogP contribution in [-0.2, 0) is 11.3 Å². The predicted octanol–water partition coefficient (Wildman–Crippen LogP) is 4.64. The lowest BCUT2D eigenvalue weighted by Gasteiger charge is -2.29. The molecule has 0 atom stereocenters. The number of halogens is 1. The zero-order valence-corrected chi connectivity index (χ0v) is 20.2. The van der Waals surface area contributed by atoms with Crippen molar-refractivity contribution in [2.45, 2.75) is 19.4 Å². The molecular formula is C24H27ClN4O3S. The molecule has 2 fully saturated rings. The second-order valence-corrected chi connectivity index (χ2v) is 9.73. The molecule has 2 aromatic carbocycles. The molecular weight excluding hydrogens is 460 g/mol. The maximum Gasteiger partial charge on any atom is 0.257 e. The quantitative estimate of drug-likeness (QED) is 0.547. The number of benzene rings is 2. The Kier molecular flexibility index (Phi) is 6.69. The monoisotopic (exact) mass is 486 g/mol. The summed E-state index contributed by atoms with van der Waals surface area (Å²) in [4.78, 5) is 22.4. The third kappa shape index (κ3) is 4.80. The van der Waals surface area contributed by atoms with Crippen molar-refractivity contribution in [1.29, 1.82) is 0 Å². The van der Waals surface area contributed by atoms with E-state index in [9.17, 15) is 4.79 Å². The molecule has 0 spiro atoms. The van der Waals surface area contributed by atoms with Crippen LogP contribution >= 0.6 is 22.9 Å². The van der Waals surface area contributed by atoms with Crippen LogP contribution in [0.3, 0.4) is 0 Å². The van der Waals surface area contributed by atoms with Crippen molar-refractivity contribution in [2.75, 3.05) is 56.7 Å². The first-order valence-corrected chi connectivity index (χ1v) is 12.4. The van der Waals surface area contributed by atoms with Gasteiger partial charge in [0.2, 0.25) is 0 Å². The number of methoxy groups -OCH3 is 1. The summed E-state index contributed by atoms with van der Waals surface area (Å²) >= 11 is 7.89. The molecule has 3 heterocycles. The van der Waals surface area contributed by atoms with E-state index in [-0.39, 0.29) is 5.91 Å². The molecule has 0 saturated carbocycles. The van der Waals surface area contributed by atoms with Crippen molar-refractivity contribution in [2.24, 2.45) is 0 Å². The van der Waals surface area contributed by atoms with Gasteiger partial charge in [-0.1, -0.05) is 22.9 Å². The number of morpholine rings is 1. The fourth-order valence-electron chi connectivity index (χ4n) is 4.43. The number of hydrogen-bond acceptors (Lipinski definition) is 7. The van der Waals surface area contributed by atoms with E-state index >= 15 is 0 Å². The van der Waals surface area contributed by atoms with Gasteiger partial charge in [0.25, 0.3) is 5.91 Å². The molecule has 2 saturated heterocycles. The Labute approximate surface area is 202 Å². The number of aromatic nitrogens is 1. The van der Waals surface area contributed by atoms with Crippen LogP contribution in [0, 0.1) is 0 Å². The smallest absolute Gasteiger partial charge is 0.257 e.